The molecule has 0 bridgehead atoms. The Morgan fingerprint density at radius 3 is 2.74 bits per heavy atom. The van der Waals surface area contributed by atoms with E-state index in [1.165, 1.54) is 52.8 Å². The normalized spacial score (nSPS) is 18.4. The second-order valence-electron chi connectivity index (χ2n) is 7.35. The van der Waals surface area contributed by atoms with Crippen molar-refractivity contribution in [3.05, 3.63) is 66.0 Å². The van der Waals surface area contributed by atoms with Gasteiger partial charge in [0.1, 0.15) is 22.9 Å². The Bertz CT molecular complexity index is 1240. The number of fused-ring (bicyclic) bond motifs is 1. The third-order valence-corrected chi connectivity index (χ3v) is 6.29. The number of nitrogens with zero attached hydrogens (tertiary/aromatic N) is 4. The van der Waals surface area contributed by atoms with Crippen molar-refractivity contribution in [2.75, 3.05) is 5.32 Å². The van der Waals surface area contributed by atoms with Crippen LogP contribution in [0.5, 0.6) is 0 Å². The summed E-state index contributed by atoms with van der Waals surface area (Å²) in [5.41, 5.74) is 0.897. The number of hydrogen-bond donors (Lipinski definition) is 2. The molecular weight excluding hydrogens is 422 g/mol. The molecule has 1 saturated carbocycles. The lowest BCUT2D eigenvalue weighted by Crippen LogP contribution is -2.43. The molecule has 2 N–H and O–H groups in total. The molecule has 158 valence electrons. The number of carbonyl (C=O) groups excluding carboxylic acids is 1. The predicted octanol–water partition coefficient (Wildman–Crippen LogP) is 3.92. The van der Waals surface area contributed by atoms with Gasteiger partial charge in [0.05, 0.1) is 22.6 Å². The maximum absolute atomic E-state index is 14.6. The summed E-state index contributed by atoms with van der Waals surface area (Å²) in [4.78, 5) is 18.7. The van der Waals surface area contributed by atoms with E-state index in [1.54, 1.807) is 12.1 Å². The predicted molar refractivity (Wildman–Crippen MR) is 113 cm³/mol. The topological polar surface area (TPSA) is 84.7 Å². The van der Waals surface area contributed by atoms with Crippen molar-refractivity contribution < 1.29 is 13.6 Å². The van der Waals surface area contributed by atoms with Crippen LogP contribution >= 0.6 is 11.3 Å². The first-order valence-electron chi connectivity index (χ1n) is 9.87. The van der Waals surface area contributed by atoms with Gasteiger partial charge in [-0.3, -0.25) is 4.79 Å². The van der Waals surface area contributed by atoms with Gasteiger partial charge in [0, 0.05) is 12.1 Å². The van der Waals surface area contributed by atoms with E-state index in [-0.39, 0.29) is 29.2 Å². The van der Waals surface area contributed by atoms with Crippen LogP contribution in [0.3, 0.4) is 0 Å². The molecule has 0 radical (unpaired) electrons. The first kappa shape index (κ1) is 19.6. The third kappa shape index (κ3) is 3.86. The van der Waals surface area contributed by atoms with Crippen molar-refractivity contribution >= 4 is 32.6 Å². The zero-order chi connectivity index (χ0) is 21.4. The van der Waals surface area contributed by atoms with E-state index in [0.29, 0.717) is 5.13 Å². The van der Waals surface area contributed by atoms with Gasteiger partial charge in [0.15, 0.2) is 5.13 Å². The molecule has 1 fully saturated rings. The van der Waals surface area contributed by atoms with Gasteiger partial charge in [-0.15, -0.1) is 0 Å². The summed E-state index contributed by atoms with van der Waals surface area (Å²) in [6.45, 7) is 0. The number of halogens is 2. The number of aromatic nitrogens is 4. The summed E-state index contributed by atoms with van der Waals surface area (Å²) in [5.74, 6) is -1.46. The number of rotatable bonds is 5. The molecule has 1 amide bonds. The quantitative estimate of drug-likeness (QED) is 0.491. The number of nitrogens with one attached hydrogen (secondary N) is 2. The van der Waals surface area contributed by atoms with E-state index in [9.17, 15) is 13.6 Å². The molecule has 0 aliphatic heterocycles. The van der Waals surface area contributed by atoms with Crippen LogP contribution in [0.25, 0.3) is 15.9 Å². The minimum atomic E-state index is -0.636. The fourth-order valence-electron chi connectivity index (χ4n) is 3.91. The molecule has 5 rings (SSSR count). The Morgan fingerprint density at radius 2 is 1.90 bits per heavy atom. The van der Waals surface area contributed by atoms with Gasteiger partial charge >= 0.3 is 0 Å². The number of hydrogen-bond acceptors (Lipinski definition) is 6. The lowest BCUT2D eigenvalue weighted by Gasteiger charge is -2.22. The monoisotopic (exact) mass is 440 g/mol. The molecule has 2 heterocycles. The Kier molecular flexibility index (Phi) is 5.06. The molecule has 0 unspecified atom stereocenters. The highest BCUT2D eigenvalue weighted by atomic mass is 32.1. The molecule has 10 heteroatoms. The van der Waals surface area contributed by atoms with Crippen molar-refractivity contribution in [3.63, 3.8) is 0 Å². The minimum absolute atomic E-state index is 0.0626. The van der Waals surface area contributed by atoms with E-state index in [1.807, 2.05) is 0 Å². The van der Waals surface area contributed by atoms with Gasteiger partial charge in [-0.2, -0.15) is 15.0 Å². The minimum Gasteiger partial charge on any atom is -0.357 e. The fourth-order valence-corrected chi connectivity index (χ4v) is 4.86. The van der Waals surface area contributed by atoms with Crippen LogP contribution in [-0.2, 0) is 0 Å². The van der Waals surface area contributed by atoms with Crippen molar-refractivity contribution in [2.24, 2.45) is 0 Å². The standard InChI is InChI=1S/C21H18F2N6OS/c22-12-7-8-16-18(11-12)31-21(28-16)27-15-5-2-4-14(15)26-20(30)19-13(23)3-1-6-17(19)29-24-9-10-25-29/h1,3,6-11,14-15H,2,4-5H2,(H,26,30)(H,27,28)/t14-,15+/m1/s1. The van der Waals surface area contributed by atoms with Crippen molar-refractivity contribution in [1.29, 1.82) is 0 Å². The summed E-state index contributed by atoms with van der Waals surface area (Å²) in [7, 11) is 0. The van der Waals surface area contributed by atoms with Gasteiger partial charge < -0.3 is 10.6 Å². The zero-order valence-electron chi connectivity index (χ0n) is 16.3. The molecule has 2 aromatic heterocycles. The summed E-state index contributed by atoms with van der Waals surface area (Å²) in [6, 6.07) is 8.57. The average Bonchev–Trinajstić information content (AvgIpc) is 3.49. The summed E-state index contributed by atoms with van der Waals surface area (Å²) < 4.78 is 28.8. The molecule has 1 aliphatic rings. The summed E-state index contributed by atoms with van der Waals surface area (Å²) >= 11 is 1.36. The second kappa shape index (κ2) is 8.03. The van der Waals surface area contributed by atoms with E-state index >= 15 is 0 Å². The van der Waals surface area contributed by atoms with Crippen LogP contribution < -0.4 is 10.6 Å². The smallest absolute Gasteiger partial charge is 0.256 e. The van der Waals surface area contributed by atoms with Crippen LogP contribution in [0, 0.1) is 11.6 Å². The van der Waals surface area contributed by atoms with Crippen molar-refractivity contribution in [3.8, 4) is 5.69 Å². The maximum atomic E-state index is 14.6. The Labute approximate surface area is 180 Å². The first-order chi connectivity index (χ1) is 15.1. The van der Waals surface area contributed by atoms with Gasteiger partial charge in [0.2, 0.25) is 0 Å². The SMILES string of the molecule is O=C(N[C@@H]1CCC[C@@H]1Nc1nc2ccc(F)cc2s1)c1c(F)cccc1-n1nccn1. The summed E-state index contributed by atoms with van der Waals surface area (Å²) in [5, 5.41) is 15.0. The van der Waals surface area contributed by atoms with Gasteiger partial charge in [-0.1, -0.05) is 17.4 Å². The van der Waals surface area contributed by atoms with Crippen LogP contribution in [-0.4, -0.2) is 38.0 Å². The zero-order valence-corrected chi connectivity index (χ0v) is 17.1. The highest BCUT2D eigenvalue weighted by Gasteiger charge is 2.31. The van der Waals surface area contributed by atoms with Crippen LogP contribution in [0.4, 0.5) is 13.9 Å². The van der Waals surface area contributed by atoms with Gasteiger partial charge in [0.25, 0.3) is 5.91 Å². The van der Waals surface area contributed by atoms with Crippen LogP contribution in [0.2, 0.25) is 0 Å². The molecule has 31 heavy (non-hydrogen) atoms. The maximum Gasteiger partial charge on any atom is 0.256 e. The van der Waals surface area contributed by atoms with Gasteiger partial charge in [-0.05, 0) is 49.6 Å². The summed E-state index contributed by atoms with van der Waals surface area (Å²) in [6.07, 6.45) is 5.43. The lowest BCUT2D eigenvalue weighted by atomic mass is 10.1. The van der Waals surface area contributed by atoms with Crippen LogP contribution in [0.1, 0.15) is 29.6 Å². The number of amides is 1. The van der Waals surface area contributed by atoms with E-state index in [0.717, 1.165) is 29.5 Å². The molecular formula is C21H18F2N6OS. The molecule has 2 aromatic carbocycles. The Hall–Kier alpha value is -3.40. The number of carbonyl (C=O) groups is 1. The molecule has 1 aliphatic carbocycles. The van der Waals surface area contributed by atoms with Crippen molar-refractivity contribution in [1.82, 2.24) is 25.3 Å². The molecule has 7 nitrogen and oxygen atoms in total. The van der Waals surface area contributed by atoms with E-state index < -0.39 is 11.7 Å². The number of anilines is 1. The molecule has 0 saturated heterocycles. The van der Waals surface area contributed by atoms with Crippen LogP contribution in [0.15, 0.2) is 48.8 Å². The molecule has 0 spiro atoms. The first-order valence-corrected chi connectivity index (χ1v) is 10.7. The second-order valence-corrected chi connectivity index (χ2v) is 8.38. The number of benzene rings is 2. The Morgan fingerprint density at radius 1 is 1.10 bits per heavy atom. The van der Waals surface area contributed by atoms with E-state index in [4.69, 9.17) is 0 Å². The number of thiazole rings is 1. The van der Waals surface area contributed by atoms with E-state index in [2.05, 4.69) is 25.8 Å². The molecule has 2 atom stereocenters. The highest BCUT2D eigenvalue weighted by molar-refractivity contribution is 7.22. The molecule has 4 aromatic rings. The fraction of sp³-hybridized carbons (Fsp3) is 0.238. The third-order valence-electron chi connectivity index (χ3n) is 5.34. The largest absolute Gasteiger partial charge is 0.357 e. The highest BCUT2D eigenvalue weighted by Crippen LogP contribution is 2.30. The van der Waals surface area contributed by atoms with Crippen molar-refractivity contribution in [2.45, 2.75) is 31.3 Å². The Balaban J connectivity index is 1.35. The lowest BCUT2D eigenvalue weighted by molar-refractivity contribution is 0.0931. The van der Waals surface area contributed by atoms with Gasteiger partial charge in [-0.25, -0.2) is 13.8 Å². The average molecular weight is 440 g/mol.